The Balaban J connectivity index is 0.00000131. The van der Waals surface area contributed by atoms with E-state index in [0.29, 0.717) is 16.7 Å². The van der Waals surface area contributed by atoms with Crippen molar-refractivity contribution in [1.29, 1.82) is 0 Å². The van der Waals surface area contributed by atoms with Gasteiger partial charge in [-0.2, -0.15) is 0 Å². The largest absolute Gasteiger partial charge is 3.00 e. The van der Waals surface area contributed by atoms with E-state index in [0.717, 1.165) is 22.3 Å². The minimum atomic E-state index is -4.37. The standard InChI is InChI=1S/C20H14NO3S.2ClH.Zr/c1-13-10-18-16(14-6-3-2-4-7-14)11-17(15-8-5-9-21-12-15)19(18)20(13)25(22,23)24;;;/h2-9,11-12H,1H3,(H,22,23,24);2*1H;/q-1;;;+3/p-2. The zero-order valence-corrected chi connectivity index (χ0v) is 19.4. The molecule has 0 amide bonds. The van der Waals surface area contributed by atoms with Gasteiger partial charge in [-0.3, -0.25) is 9.54 Å². The summed E-state index contributed by atoms with van der Waals surface area (Å²) in [5, 5.41) is 0. The average Bonchev–Trinajstić information content (AvgIpc) is 3.11. The van der Waals surface area contributed by atoms with E-state index in [1.165, 1.54) is 0 Å². The summed E-state index contributed by atoms with van der Waals surface area (Å²) in [6, 6.07) is 13.4. The maximum Gasteiger partial charge on any atom is 3.00 e. The van der Waals surface area contributed by atoms with E-state index in [2.05, 4.69) is 11.1 Å². The number of hydrogen-bond donors (Lipinski definition) is 1. The molecule has 0 saturated heterocycles. The van der Waals surface area contributed by atoms with E-state index in [4.69, 9.17) is 0 Å². The first kappa shape index (κ1) is 24.7. The van der Waals surface area contributed by atoms with Crippen molar-refractivity contribution in [3.63, 3.8) is 0 Å². The van der Waals surface area contributed by atoms with E-state index in [-0.39, 0.29) is 55.9 Å². The molecule has 2 aliphatic rings. The average molecular weight is 511 g/mol. The van der Waals surface area contributed by atoms with Crippen molar-refractivity contribution in [3.8, 4) is 0 Å². The third kappa shape index (κ3) is 4.32. The van der Waals surface area contributed by atoms with Crippen LogP contribution >= 0.6 is 0 Å². The Morgan fingerprint density at radius 2 is 1.64 bits per heavy atom. The number of nitrogens with zero attached hydrogens (tertiary/aromatic N) is 1. The van der Waals surface area contributed by atoms with Crippen molar-refractivity contribution in [2.45, 2.75) is 6.92 Å². The van der Waals surface area contributed by atoms with Crippen LogP contribution in [0.1, 0.15) is 18.1 Å². The Morgan fingerprint density at radius 3 is 2.21 bits per heavy atom. The monoisotopic (exact) mass is 508 g/mol. The van der Waals surface area contributed by atoms with E-state index < -0.39 is 10.1 Å². The van der Waals surface area contributed by atoms with Crippen LogP contribution in [0.5, 0.6) is 0 Å². The maximum absolute atomic E-state index is 12.0. The number of aromatic nitrogens is 1. The SMILES string of the molecule is CC1=C(S(=O)(=O)O)C2=C(c3cccnc3)C=C(c3ccccc3)C2=[C-]1.[Cl-].[Cl-].[Zr+3]. The molecule has 0 atom stereocenters. The van der Waals surface area contributed by atoms with Crippen LogP contribution in [-0.4, -0.2) is 18.0 Å². The van der Waals surface area contributed by atoms with Gasteiger partial charge in [0.05, 0.1) is 0 Å². The smallest absolute Gasteiger partial charge is 1.00 e. The molecule has 1 radical (unpaired) electrons. The van der Waals surface area contributed by atoms with Gasteiger partial charge < -0.3 is 24.8 Å². The van der Waals surface area contributed by atoms with Crippen LogP contribution in [0.15, 0.2) is 82.6 Å². The Hall–Kier alpha value is -1.30. The topological polar surface area (TPSA) is 67.3 Å². The molecule has 0 spiro atoms. The molecule has 0 bridgehead atoms. The van der Waals surface area contributed by atoms with Gasteiger partial charge in [0, 0.05) is 12.4 Å². The van der Waals surface area contributed by atoms with Crippen LogP contribution in [0.3, 0.4) is 0 Å². The van der Waals surface area contributed by atoms with E-state index in [1.807, 2.05) is 42.5 Å². The third-order valence-electron chi connectivity index (χ3n) is 4.27. The fourth-order valence-corrected chi connectivity index (χ4v) is 4.18. The van der Waals surface area contributed by atoms with Gasteiger partial charge in [0.15, 0.2) is 0 Å². The summed E-state index contributed by atoms with van der Waals surface area (Å²) in [6.07, 6.45) is 8.40. The third-order valence-corrected chi connectivity index (χ3v) is 5.30. The van der Waals surface area contributed by atoms with Gasteiger partial charge in [0.1, 0.15) is 0 Å². The molecule has 2 aromatic rings. The molecule has 1 N–H and O–H groups in total. The Bertz CT molecular complexity index is 1110. The van der Waals surface area contributed by atoms with Crippen molar-refractivity contribution in [2.24, 2.45) is 0 Å². The second-order valence-corrected chi connectivity index (χ2v) is 7.24. The second kappa shape index (κ2) is 9.47. The van der Waals surface area contributed by atoms with Crippen molar-refractivity contribution < 1.29 is 64.0 Å². The molecule has 4 rings (SSSR count). The predicted octanol–water partition coefficient (Wildman–Crippen LogP) is -2.16. The van der Waals surface area contributed by atoms with E-state index in [9.17, 15) is 13.0 Å². The van der Waals surface area contributed by atoms with E-state index in [1.54, 1.807) is 25.4 Å². The molecule has 0 fully saturated rings. The summed E-state index contributed by atoms with van der Waals surface area (Å²) in [5.74, 6) is 0. The molecule has 8 heteroatoms. The van der Waals surface area contributed by atoms with Crippen LogP contribution in [0, 0.1) is 6.08 Å². The molecule has 0 saturated carbocycles. The molecule has 1 aromatic carbocycles. The normalized spacial score (nSPS) is 15.1. The first-order valence-corrected chi connectivity index (χ1v) is 9.16. The Kier molecular flexibility index (Phi) is 8.37. The number of allylic oxidation sites excluding steroid dienone is 7. The van der Waals surface area contributed by atoms with Crippen LogP contribution < -0.4 is 24.8 Å². The molecule has 28 heavy (non-hydrogen) atoms. The van der Waals surface area contributed by atoms with Crippen molar-refractivity contribution >= 4 is 21.3 Å². The fourth-order valence-electron chi connectivity index (χ4n) is 3.27. The summed E-state index contributed by atoms with van der Waals surface area (Å²) in [7, 11) is -4.37. The first-order chi connectivity index (χ1) is 12.0. The molecule has 0 aliphatic heterocycles. The quantitative estimate of drug-likeness (QED) is 0.378. The van der Waals surface area contributed by atoms with Gasteiger partial charge in [-0.1, -0.05) is 66.1 Å². The van der Waals surface area contributed by atoms with Crippen LogP contribution in [0.4, 0.5) is 0 Å². The zero-order chi connectivity index (χ0) is 17.6. The summed E-state index contributed by atoms with van der Waals surface area (Å²) in [6.45, 7) is 1.64. The van der Waals surface area contributed by atoms with Gasteiger partial charge in [-0.05, 0) is 16.5 Å². The number of pyridine rings is 1. The number of hydrogen-bond acceptors (Lipinski definition) is 3. The maximum atomic E-state index is 12.0. The van der Waals surface area contributed by atoms with Crippen LogP contribution in [0.2, 0.25) is 0 Å². The van der Waals surface area contributed by atoms with Crippen LogP contribution in [-0.2, 0) is 36.3 Å². The molecule has 4 nitrogen and oxygen atoms in total. The predicted molar refractivity (Wildman–Crippen MR) is 96.6 cm³/mol. The molecular weight excluding hydrogens is 496 g/mol. The van der Waals surface area contributed by atoms with Crippen LogP contribution in [0.25, 0.3) is 11.1 Å². The van der Waals surface area contributed by atoms with Gasteiger partial charge in [-0.25, -0.2) is 8.42 Å². The number of fused-ring (bicyclic) bond motifs is 1. The van der Waals surface area contributed by atoms with Gasteiger partial charge in [0.25, 0.3) is 10.1 Å². The minimum Gasteiger partial charge on any atom is -1.00 e. The van der Waals surface area contributed by atoms with Crippen molar-refractivity contribution in [1.82, 2.24) is 4.98 Å². The first-order valence-electron chi connectivity index (χ1n) is 7.72. The van der Waals surface area contributed by atoms with E-state index >= 15 is 0 Å². The summed E-state index contributed by atoms with van der Waals surface area (Å²) < 4.78 is 33.7. The van der Waals surface area contributed by atoms with Gasteiger partial charge >= 0.3 is 26.2 Å². The molecule has 1 heterocycles. The van der Waals surface area contributed by atoms with Crippen molar-refractivity contribution in [3.05, 3.63) is 99.8 Å². The molecule has 0 unspecified atom stereocenters. The number of rotatable bonds is 3. The summed E-state index contributed by atoms with van der Waals surface area (Å²) in [4.78, 5) is 4.05. The molecule has 2 aliphatic carbocycles. The fraction of sp³-hybridized carbons (Fsp3) is 0.0500. The van der Waals surface area contributed by atoms with Gasteiger partial charge in [-0.15, -0.1) is 22.8 Å². The Morgan fingerprint density at radius 1 is 1.00 bits per heavy atom. The molecule has 141 valence electrons. The molecule has 1 aromatic heterocycles. The number of benzene rings is 1. The van der Waals surface area contributed by atoms with Crippen molar-refractivity contribution in [2.75, 3.05) is 0 Å². The molecular formula is C20H14Cl2NO3SZr. The number of halogens is 2. The minimum absolute atomic E-state index is 0. The second-order valence-electron chi connectivity index (χ2n) is 5.88. The Labute approximate surface area is 195 Å². The summed E-state index contributed by atoms with van der Waals surface area (Å²) >= 11 is 0. The zero-order valence-electron chi connectivity index (χ0n) is 14.6. The van der Waals surface area contributed by atoms with Gasteiger partial charge in [0.2, 0.25) is 0 Å². The summed E-state index contributed by atoms with van der Waals surface area (Å²) in [5.41, 5.74) is 4.95.